The number of aryl methyl sites for hydroxylation is 1. The van der Waals surface area contributed by atoms with Gasteiger partial charge in [0.2, 0.25) is 0 Å². The summed E-state index contributed by atoms with van der Waals surface area (Å²) in [6, 6.07) is 14.9. The minimum atomic E-state index is -3.96. The van der Waals surface area contributed by atoms with Gasteiger partial charge in [-0.25, -0.2) is 17.5 Å². The first-order valence-corrected chi connectivity index (χ1v) is 8.77. The van der Waals surface area contributed by atoms with Crippen LogP contribution in [0.1, 0.15) is 11.4 Å². The number of nitrogens with one attached hydrogen (secondary N) is 1. The lowest BCUT2D eigenvalue weighted by molar-refractivity contribution is 0.597. The van der Waals surface area contributed by atoms with E-state index in [0.29, 0.717) is 11.4 Å². The van der Waals surface area contributed by atoms with Crippen LogP contribution in [-0.4, -0.2) is 18.2 Å². The molecule has 1 N–H and O–H groups in total. The SMILES string of the molecule is Cc1nn(-c2ccccc2)c(C)c1S(=O)(=O)Nc1ccccc1F. The van der Waals surface area contributed by atoms with Crippen molar-refractivity contribution in [3.63, 3.8) is 0 Å². The number of halogens is 1. The Morgan fingerprint density at radius 1 is 1.00 bits per heavy atom. The van der Waals surface area contributed by atoms with Crippen LogP contribution in [0, 0.1) is 19.7 Å². The second-order valence-corrected chi connectivity index (χ2v) is 6.95. The topological polar surface area (TPSA) is 64.0 Å². The highest BCUT2D eigenvalue weighted by Crippen LogP contribution is 2.25. The lowest BCUT2D eigenvalue weighted by Gasteiger charge is -2.09. The molecule has 0 spiro atoms. The molecule has 0 bridgehead atoms. The molecule has 0 fully saturated rings. The zero-order chi connectivity index (χ0) is 17.3. The Bertz CT molecular complexity index is 982. The fourth-order valence-electron chi connectivity index (χ4n) is 2.58. The van der Waals surface area contributed by atoms with Crippen LogP contribution in [0.4, 0.5) is 10.1 Å². The molecule has 0 atom stereocenters. The predicted molar refractivity (Wildman–Crippen MR) is 90.2 cm³/mol. The minimum absolute atomic E-state index is 0.0506. The molecule has 0 aliphatic heterocycles. The summed E-state index contributed by atoms with van der Waals surface area (Å²) in [5.41, 5.74) is 1.47. The van der Waals surface area contributed by atoms with Crippen molar-refractivity contribution in [3.05, 3.63) is 71.8 Å². The van der Waals surface area contributed by atoms with Crippen molar-refractivity contribution < 1.29 is 12.8 Å². The van der Waals surface area contributed by atoms with Gasteiger partial charge in [0.15, 0.2) is 0 Å². The van der Waals surface area contributed by atoms with Crippen LogP contribution in [0.5, 0.6) is 0 Å². The normalized spacial score (nSPS) is 11.5. The van der Waals surface area contributed by atoms with E-state index in [0.717, 1.165) is 5.69 Å². The molecule has 0 saturated carbocycles. The third-order valence-corrected chi connectivity index (χ3v) is 5.23. The maximum atomic E-state index is 13.8. The van der Waals surface area contributed by atoms with Gasteiger partial charge < -0.3 is 0 Å². The van der Waals surface area contributed by atoms with Crippen LogP contribution in [-0.2, 0) is 10.0 Å². The summed E-state index contributed by atoms with van der Waals surface area (Å²) in [5, 5.41) is 4.31. The number of para-hydroxylation sites is 2. The Labute approximate surface area is 139 Å². The molecule has 1 aromatic heterocycles. The molecule has 124 valence electrons. The highest BCUT2D eigenvalue weighted by Gasteiger charge is 2.26. The number of hydrogen-bond acceptors (Lipinski definition) is 3. The Kier molecular flexibility index (Phi) is 4.11. The quantitative estimate of drug-likeness (QED) is 0.788. The van der Waals surface area contributed by atoms with Gasteiger partial charge in [0.05, 0.1) is 22.8 Å². The van der Waals surface area contributed by atoms with Crippen molar-refractivity contribution in [3.8, 4) is 5.69 Å². The molecule has 24 heavy (non-hydrogen) atoms. The molecular weight excluding hydrogens is 329 g/mol. The fourth-order valence-corrected chi connectivity index (χ4v) is 4.04. The maximum Gasteiger partial charge on any atom is 0.265 e. The molecule has 0 amide bonds. The molecule has 1 heterocycles. The van der Waals surface area contributed by atoms with Crippen molar-refractivity contribution in [2.45, 2.75) is 18.7 Å². The van der Waals surface area contributed by atoms with E-state index >= 15 is 0 Å². The van der Waals surface area contributed by atoms with Gasteiger partial charge in [0.25, 0.3) is 10.0 Å². The predicted octanol–water partition coefficient (Wildman–Crippen LogP) is 3.43. The van der Waals surface area contributed by atoms with Crippen molar-refractivity contribution >= 4 is 15.7 Å². The lowest BCUT2D eigenvalue weighted by Crippen LogP contribution is -2.15. The summed E-state index contributed by atoms with van der Waals surface area (Å²) in [4.78, 5) is 0.0506. The molecule has 0 aliphatic rings. The molecule has 3 aromatic rings. The van der Waals surface area contributed by atoms with Crippen molar-refractivity contribution in [1.29, 1.82) is 0 Å². The molecular formula is C17H16FN3O2S. The average molecular weight is 345 g/mol. The lowest BCUT2D eigenvalue weighted by atomic mass is 10.3. The van der Waals surface area contributed by atoms with Crippen LogP contribution in [0.15, 0.2) is 59.5 Å². The number of sulfonamides is 1. The smallest absolute Gasteiger partial charge is 0.265 e. The van der Waals surface area contributed by atoms with Gasteiger partial charge in [0, 0.05) is 0 Å². The second-order valence-electron chi connectivity index (χ2n) is 5.33. The largest absolute Gasteiger partial charge is 0.277 e. The fraction of sp³-hybridized carbons (Fsp3) is 0.118. The molecule has 0 aliphatic carbocycles. The van der Waals surface area contributed by atoms with E-state index < -0.39 is 15.8 Å². The zero-order valence-corrected chi connectivity index (χ0v) is 14.0. The van der Waals surface area contributed by atoms with Gasteiger partial charge in [0.1, 0.15) is 10.7 Å². The number of nitrogens with zero attached hydrogens (tertiary/aromatic N) is 2. The number of benzene rings is 2. The van der Waals surface area contributed by atoms with Gasteiger partial charge in [-0.2, -0.15) is 5.10 Å². The summed E-state index contributed by atoms with van der Waals surface area (Å²) in [6.07, 6.45) is 0. The van der Waals surface area contributed by atoms with Crippen molar-refractivity contribution in [2.24, 2.45) is 0 Å². The van der Waals surface area contributed by atoms with Gasteiger partial charge in [-0.1, -0.05) is 30.3 Å². The summed E-state index contributed by atoms with van der Waals surface area (Å²) in [7, 11) is -3.96. The van der Waals surface area contributed by atoms with E-state index in [2.05, 4.69) is 9.82 Å². The van der Waals surface area contributed by atoms with Crippen LogP contribution in [0.2, 0.25) is 0 Å². The first-order valence-electron chi connectivity index (χ1n) is 7.29. The van der Waals surface area contributed by atoms with Gasteiger partial charge in [-0.05, 0) is 38.1 Å². The zero-order valence-electron chi connectivity index (χ0n) is 13.2. The van der Waals surface area contributed by atoms with Gasteiger partial charge in [-0.3, -0.25) is 4.72 Å². The van der Waals surface area contributed by atoms with Crippen molar-refractivity contribution in [2.75, 3.05) is 4.72 Å². The van der Waals surface area contributed by atoms with Crippen LogP contribution < -0.4 is 4.72 Å². The van der Waals surface area contributed by atoms with Crippen LogP contribution in [0.25, 0.3) is 5.69 Å². The second kappa shape index (κ2) is 6.09. The van der Waals surface area contributed by atoms with Gasteiger partial charge >= 0.3 is 0 Å². The molecule has 7 heteroatoms. The summed E-state index contributed by atoms with van der Waals surface area (Å²) in [6.45, 7) is 3.28. The molecule has 5 nitrogen and oxygen atoms in total. The average Bonchev–Trinajstić information content (AvgIpc) is 2.86. The van der Waals surface area contributed by atoms with E-state index in [9.17, 15) is 12.8 Å². The maximum absolute atomic E-state index is 13.8. The van der Waals surface area contributed by atoms with Crippen molar-refractivity contribution in [1.82, 2.24) is 9.78 Å². The number of hydrogen-bond donors (Lipinski definition) is 1. The Morgan fingerprint density at radius 3 is 2.29 bits per heavy atom. The van der Waals surface area contributed by atoms with Gasteiger partial charge in [-0.15, -0.1) is 0 Å². The molecule has 3 rings (SSSR count). The van der Waals surface area contributed by atoms with E-state index in [1.165, 1.54) is 18.2 Å². The molecule has 2 aromatic carbocycles. The Hall–Kier alpha value is -2.67. The van der Waals surface area contributed by atoms with Crippen LogP contribution >= 0.6 is 0 Å². The van der Waals surface area contributed by atoms with E-state index in [1.807, 2.05) is 30.3 Å². The summed E-state index contributed by atoms with van der Waals surface area (Å²) >= 11 is 0. The summed E-state index contributed by atoms with van der Waals surface area (Å²) in [5.74, 6) is -0.633. The molecule has 0 unspecified atom stereocenters. The first-order chi connectivity index (χ1) is 11.4. The molecule has 0 radical (unpaired) electrons. The highest BCUT2D eigenvalue weighted by molar-refractivity contribution is 7.92. The Morgan fingerprint density at radius 2 is 1.62 bits per heavy atom. The number of anilines is 1. The number of rotatable bonds is 4. The number of aromatic nitrogens is 2. The molecule has 0 saturated heterocycles. The Balaban J connectivity index is 2.06. The summed E-state index contributed by atoms with van der Waals surface area (Å²) < 4.78 is 43.0. The monoisotopic (exact) mass is 345 g/mol. The first kappa shape index (κ1) is 16.2. The van der Waals surface area contributed by atoms with E-state index in [1.54, 1.807) is 24.6 Å². The third-order valence-electron chi connectivity index (χ3n) is 3.61. The minimum Gasteiger partial charge on any atom is -0.277 e. The third kappa shape index (κ3) is 2.90. The van der Waals surface area contributed by atoms with E-state index in [4.69, 9.17) is 0 Å². The standard InChI is InChI=1S/C17H16FN3O2S/c1-12-17(13(2)21(19-12)14-8-4-3-5-9-14)24(22,23)20-16-11-7-6-10-15(16)18/h3-11,20H,1-2H3. The van der Waals surface area contributed by atoms with Crippen LogP contribution in [0.3, 0.4) is 0 Å². The van der Waals surface area contributed by atoms with E-state index in [-0.39, 0.29) is 10.6 Å². The highest BCUT2D eigenvalue weighted by atomic mass is 32.2.